The molecular weight excluding hydrogens is 420 g/mol. The lowest BCUT2D eigenvalue weighted by Crippen LogP contribution is -2.25. The number of carbonyl (C=O) groups is 2. The van der Waals surface area contributed by atoms with Crippen molar-refractivity contribution >= 4 is 33.2 Å². The van der Waals surface area contributed by atoms with Crippen LogP contribution < -0.4 is 20.1 Å². The van der Waals surface area contributed by atoms with E-state index in [0.717, 1.165) is 37.5 Å². The number of nitrogens with zero attached hydrogens (tertiary/aromatic N) is 1. The fraction of sp³-hybridized carbons (Fsp3) is 0.381. The third-order valence-electron chi connectivity index (χ3n) is 4.72. The summed E-state index contributed by atoms with van der Waals surface area (Å²) >= 11 is 0. The van der Waals surface area contributed by atoms with Gasteiger partial charge in [-0.25, -0.2) is 13.4 Å². The molecule has 1 aliphatic rings. The van der Waals surface area contributed by atoms with Crippen LogP contribution in [0.3, 0.4) is 0 Å². The molecule has 0 bridgehead atoms. The van der Waals surface area contributed by atoms with Crippen LogP contribution in [0, 0.1) is 0 Å². The average Bonchev–Trinajstić information content (AvgIpc) is 3.19. The molecule has 1 fully saturated rings. The van der Waals surface area contributed by atoms with Gasteiger partial charge in [0.1, 0.15) is 6.10 Å². The molecule has 1 saturated carbocycles. The first-order valence-corrected chi connectivity index (χ1v) is 11.9. The van der Waals surface area contributed by atoms with Gasteiger partial charge in [-0.05, 0) is 55.5 Å². The summed E-state index contributed by atoms with van der Waals surface area (Å²) < 4.78 is 31.5. The molecule has 1 aliphatic carbocycles. The van der Waals surface area contributed by atoms with Crippen molar-refractivity contribution in [2.24, 2.45) is 0 Å². The number of anilines is 2. The van der Waals surface area contributed by atoms with Crippen LogP contribution in [0.25, 0.3) is 0 Å². The van der Waals surface area contributed by atoms with Gasteiger partial charge in [0.25, 0.3) is 5.91 Å². The predicted octanol–water partition coefficient (Wildman–Crippen LogP) is 2.66. The Morgan fingerprint density at radius 2 is 1.90 bits per heavy atom. The van der Waals surface area contributed by atoms with Crippen LogP contribution in [-0.4, -0.2) is 37.6 Å². The highest BCUT2D eigenvalue weighted by Crippen LogP contribution is 2.24. The lowest BCUT2D eigenvalue weighted by Gasteiger charge is -2.14. The summed E-state index contributed by atoms with van der Waals surface area (Å²) in [5.41, 5.74) is 1.39. The number of hydrogen-bond donors (Lipinski definition) is 3. The fourth-order valence-electron chi connectivity index (χ4n) is 3.38. The maximum atomic E-state index is 12.8. The standard InChI is InChI=1S/C21H26N4O5S/c1-14(26)24-16-7-8-19(25-31(2,28)29)18(12-16)21(27)23-13-15-9-10-22-20(11-15)30-17-5-3-4-6-17/h7-12,17,25H,3-6,13H2,1-2H3,(H,23,27)(H,24,26). The third kappa shape index (κ3) is 6.95. The van der Waals surface area contributed by atoms with Gasteiger partial charge in [0.2, 0.25) is 21.8 Å². The molecule has 2 amide bonds. The minimum atomic E-state index is -3.60. The molecule has 31 heavy (non-hydrogen) atoms. The van der Waals surface area contributed by atoms with Crippen LogP contribution in [0.5, 0.6) is 5.88 Å². The van der Waals surface area contributed by atoms with Crippen LogP contribution in [0.2, 0.25) is 0 Å². The Labute approximate surface area is 181 Å². The van der Waals surface area contributed by atoms with Gasteiger partial charge >= 0.3 is 0 Å². The van der Waals surface area contributed by atoms with E-state index in [2.05, 4.69) is 20.3 Å². The quantitative estimate of drug-likeness (QED) is 0.572. The van der Waals surface area contributed by atoms with E-state index in [1.54, 1.807) is 18.3 Å². The number of nitrogens with one attached hydrogen (secondary N) is 3. The van der Waals surface area contributed by atoms with E-state index >= 15 is 0 Å². The monoisotopic (exact) mass is 446 g/mol. The number of rotatable bonds is 8. The van der Waals surface area contributed by atoms with Crippen LogP contribution in [0.4, 0.5) is 11.4 Å². The van der Waals surface area contributed by atoms with Gasteiger partial charge in [-0.1, -0.05) is 0 Å². The highest BCUT2D eigenvalue weighted by molar-refractivity contribution is 7.92. The van der Waals surface area contributed by atoms with Gasteiger partial charge in [-0.15, -0.1) is 0 Å². The highest BCUT2D eigenvalue weighted by atomic mass is 32.2. The molecule has 9 nitrogen and oxygen atoms in total. The summed E-state index contributed by atoms with van der Waals surface area (Å²) in [6.45, 7) is 1.54. The number of carbonyl (C=O) groups excluding carboxylic acids is 2. The molecule has 1 aromatic carbocycles. The first-order chi connectivity index (χ1) is 14.7. The number of benzene rings is 1. The molecule has 0 aliphatic heterocycles. The van der Waals surface area contributed by atoms with Crippen molar-refractivity contribution in [3.8, 4) is 5.88 Å². The Hall–Kier alpha value is -3.14. The van der Waals surface area contributed by atoms with E-state index in [4.69, 9.17) is 4.74 Å². The molecule has 0 saturated heterocycles. The summed E-state index contributed by atoms with van der Waals surface area (Å²) in [6, 6.07) is 7.92. The van der Waals surface area contributed by atoms with Gasteiger partial charge < -0.3 is 15.4 Å². The summed E-state index contributed by atoms with van der Waals surface area (Å²) in [4.78, 5) is 28.4. The second-order valence-corrected chi connectivity index (χ2v) is 9.27. The minimum absolute atomic E-state index is 0.0909. The number of ether oxygens (including phenoxy) is 1. The van der Waals surface area contributed by atoms with Crippen LogP contribution in [0.15, 0.2) is 36.5 Å². The van der Waals surface area contributed by atoms with Crippen molar-refractivity contribution < 1.29 is 22.7 Å². The Morgan fingerprint density at radius 1 is 1.16 bits per heavy atom. The van der Waals surface area contributed by atoms with Crippen molar-refractivity contribution in [2.75, 3.05) is 16.3 Å². The Kier molecular flexibility index (Phi) is 7.11. The second kappa shape index (κ2) is 9.78. The smallest absolute Gasteiger partial charge is 0.253 e. The topological polar surface area (TPSA) is 126 Å². The van der Waals surface area contributed by atoms with Gasteiger partial charge in [-0.3, -0.25) is 14.3 Å². The minimum Gasteiger partial charge on any atom is -0.474 e. The summed E-state index contributed by atoms with van der Waals surface area (Å²) in [5, 5.41) is 5.36. The van der Waals surface area contributed by atoms with Gasteiger partial charge in [-0.2, -0.15) is 0 Å². The van der Waals surface area contributed by atoms with Crippen LogP contribution in [0.1, 0.15) is 48.5 Å². The lowest BCUT2D eigenvalue weighted by atomic mass is 10.1. The number of hydrogen-bond acceptors (Lipinski definition) is 6. The Bertz CT molecular complexity index is 1070. The number of aromatic nitrogens is 1. The molecular formula is C21H26N4O5S. The van der Waals surface area contributed by atoms with Crippen molar-refractivity contribution in [3.63, 3.8) is 0 Å². The molecule has 0 atom stereocenters. The molecule has 0 unspecified atom stereocenters. The zero-order chi connectivity index (χ0) is 22.4. The van der Waals surface area contributed by atoms with Crippen LogP contribution in [-0.2, 0) is 21.4 Å². The van der Waals surface area contributed by atoms with Crippen molar-refractivity contribution in [1.82, 2.24) is 10.3 Å². The average molecular weight is 447 g/mol. The number of sulfonamides is 1. The summed E-state index contributed by atoms with van der Waals surface area (Å²) in [6.07, 6.45) is 7.15. The van der Waals surface area contributed by atoms with Crippen LogP contribution >= 0.6 is 0 Å². The van der Waals surface area contributed by atoms with Gasteiger partial charge in [0, 0.05) is 31.4 Å². The molecule has 0 spiro atoms. The highest BCUT2D eigenvalue weighted by Gasteiger charge is 2.18. The molecule has 3 rings (SSSR count). The van der Waals surface area contributed by atoms with E-state index in [-0.39, 0.29) is 29.8 Å². The maximum Gasteiger partial charge on any atom is 0.253 e. The Morgan fingerprint density at radius 3 is 2.58 bits per heavy atom. The molecule has 166 valence electrons. The third-order valence-corrected chi connectivity index (χ3v) is 5.31. The molecule has 3 N–H and O–H groups in total. The van der Waals surface area contributed by atoms with Crippen molar-refractivity contribution in [1.29, 1.82) is 0 Å². The molecule has 1 heterocycles. The largest absolute Gasteiger partial charge is 0.474 e. The fourth-order valence-corrected chi connectivity index (χ4v) is 3.96. The number of pyridine rings is 1. The first kappa shape index (κ1) is 22.5. The molecule has 10 heteroatoms. The van der Waals surface area contributed by atoms with Crippen molar-refractivity contribution in [2.45, 2.75) is 45.3 Å². The molecule has 2 aromatic rings. The van der Waals surface area contributed by atoms with Crippen molar-refractivity contribution in [3.05, 3.63) is 47.7 Å². The number of amides is 2. The first-order valence-electron chi connectivity index (χ1n) is 9.99. The maximum absolute atomic E-state index is 12.8. The normalized spacial score (nSPS) is 14.1. The van der Waals surface area contributed by atoms with E-state index in [0.29, 0.717) is 11.6 Å². The van der Waals surface area contributed by atoms with E-state index < -0.39 is 15.9 Å². The zero-order valence-corrected chi connectivity index (χ0v) is 18.3. The van der Waals surface area contributed by atoms with E-state index in [9.17, 15) is 18.0 Å². The SMILES string of the molecule is CC(=O)Nc1ccc(NS(C)(=O)=O)c(C(=O)NCc2ccnc(OC3CCCC3)c2)c1. The van der Waals surface area contributed by atoms with Gasteiger partial charge in [0.05, 0.1) is 17.5 Å². The van der Waals surface area contributed by atoms with E-state index in [1.807, 2.05) is 0 Å². The van der Waals surface area contributed by atoms with Gasteiger partial charge in [0.15, 0.2) is 0 Å². The summed E-state index contributed by atoms with van der Waals surface area (Å²) in [7, 11) is -3.60. The second-order valence-electron chi connectivity index (χ2n) is 7.53. The lowest BCUT2D eigenvalue weighted by molar-refractivity contribution is -0.114. The summed E-state index contributed by atoms with van der Waals surface area (Å²) in [5.74, 6) is -0.277. The zero-order valence-electron chi connectivity index (χ0n) is 17.5. The Balaban J connectivity index is 1.73. The van der Waals surface area contributed by atoms with E-state index in [1.165, 1.54) is 25.1 Å². The molecule has 1 aromatic heterocycles. The molecule has 0 radical (unpaired) electrons. The predicted molar refractivity (Wildman–Crippen MR) is 118 cm³/mol.